The van der Waals surface area contributed by atoms with Gasteiger partial charge in [0.25, 0.3) is 0 Å². The van der Waals surface area contributed by atoms with E-state index in [2.05, 4.69) is 10.5 Å². The number of amides is 1. The van der Waals surface area contributed by atoms with Gasteiger partial charge in [-0.3, -0.25) is 4.79 Å². The van der Waals surface area contributed by atoms with E-state index in [-0.39, 0.29) is 24.2 Å². The van der Waals surface area contributed by atoms with Crippen LogP contribution in [0.3, 0.4) is 0 Å². The third-order valence-corrected chi connectivity index (χ3v) is 1.63. The van der Waals surface area contributed by atoms with E-state index in [0.717, 1.165) is 6.42 Å². The fourth-order valence-electron chi connectivity index (χ4n) is 0.893. The van der Waals surface area contributed by atoms with Gasteiger partial charge in [0.2, 0.25) is 5.91 Å². The Morgan fingerprint density at radius 3 is 2.86 bits per heavy atom. The van der Waals surface area contributed by atoms with Crippen LogP contribution in [0.25, 0.3) is 0 Å². The van der Waals surface area contributed by atoms with Crippen LogP contribution in [-0.4, -0.2) is 36.7 Å². The number of oxime groups is 1. The van der Waals surface area contributed by atoms with Crippen molar-refractivity contribution < 1.29 is 14.7 Å². The molecule has 0 fully saturated rings. The maximum Gasteiger partial charge on any atom is 0.227 e. The first-order valence-corrected chi connectivity index (χ1v) is 4.34. The third-order valence-electron chi connectivity index (χ3n) is 1.63. The van der Waals surface area contributed by atoms with Gasteiger partial charge in [-0.1, -0.05) is 5.16 Å². The van der Waals surface area contributed by atoms with Crippen LogP contribution in [0.15, 0.2) is 5.16 Å². The highest BCUT2D eigenvalue weighted by Gasteiger charge is 2.08. The lowest BCUT2D eigenvalue weighted by Crippen LogP contribution is -2.35. The van der Waals surface area contributed by atoms with Crippen LogP contribution in [0.4, 0.5) is 0 Å². The molecule has 0 aromatic carbocycles. The van der Waals surface area contributed by atoms with Gasteiger partial charge in [0.1, 0.15) is 5.84 Å². The summed E-state index contributed by atoms with van der Waals surface area (Å²) in [4.78, 5) is 11.2. The van der Waals surface area contributed by atoms with Crippen LogP contribution >= 0.6 is 0 Å². The average Bonchev–Trinajstić information content (AvgIpc) is 2.14. The number of ether oxygens (including phenoxy) is 1. The van der Waals surface area contributed by atoms with Crippen LogP contribution < -0.4 is 11.1 Å². The van der Waals surface area contributed by atoms with Crippen molar-refractivity contribution in [2.24, 2.45) is 10.9 Å². The first-order valence-electron chi connectivity index (χ1n) is 4.34. The molecular weight excluding hydrogens is 186 g/mol. The summed E-state index contributed by atoms with van der Waals surface area (Å²) in [6.07, 6.45) is 0.645. The van der Waals surface area contributed by atoms with Gasteiger partial charge in [-0.2, -0.15) is 0 Å². The second kappa shape index (κ2) is 7.14. The first-order chi connectivity index (χ1) is 6.60. The Morgan fingerprint density at radius 2 is 2.36 bits per heavy atom. The number of methoxy groups -OCH3 is 1. The van der Waals surface area contributed by atoms with Gasteiger partial charge >= 0.3 is 0 Å². The minimum absolute atomic E-state index is 0.0222. The quantitative estimate of drug-likeness (QED) is 0.238. The number of amidine groups is 1. The molecule has 1 unspecified atom stereocenters. The van der Waals surface area contributed by atoms with E-state index in [1.807, 2.05) is 6.92 Å². The molecule has 0 aliphatic carbocycles. The summed E-state index contributed by atoms with van der Waals surface area (Å²) < 4.78 is 4.86. The number of carbonyl (C=O) groups excluding carboxylic acids is 1. The largest absolute Gasteiger partial charge is 0.409 e. The van der Waals surface area contributed by atoms with Gasteiger partial charge in [0.05, 0.1) is 6.42 Å². The molecule has 82 valence electrons. The number of nitrogens with zero attached hydrogens (tertiary/aromatic N) is 1. The van der Waals surface area contributed by atoms with E-state index in [0.29, 0.717) is 6.61 Å². The summed E-state index contributed by atoms with van der Waals surface area (Å²) in [5, 5.41) is 13.6. The standard InChI is InChI=1S/C8H17N3O3/c1-6(3-4-14-2)10-8(12)5-7(9)11-13/h6,13H,3-5H2,1-2H3,(H2,9,11)(H,10,12). The van der Waals surface area contributed by atoms with Crippen molar-refractivity contribution in [1.82, 2.24) is 5.32 Å². The highest BCUT2D eigenvalue weighted by molar-refractivity contribution is 5.98. The zero-order valence-corrected chi connectivity index (χ0v) is 8.49. The minimum Gasteiger partial charge on any atom is -0.409 e. The van der Waals surface area contributed by atoms with Crippen LogP contribution in [0, 0.1) is 0 Å². The van der Waals surface area contributed by atoms with Crippen molar-refractivity contribution in [2.75, 3.05) is 13.7 Å². The number of carbonyl (C=O) groups is 1. The van der Waals surface area contributed by atoms with Gasteiger partial charge < -0.3 is 21.0 Å². The molecule has 0 heterocycles. The van der Waals surface area contributed by atoms with E-state index in [1.165, 1.54) is 0 Å². The lowest BCUT2D eigenvalue weighted by Gasteiger charge is -2.12. The molecule has 0 spiro atoms. The molecule has 6 nitrogen and oxygen atoms in total. The van der Waals surface area contributed by atoms with Crippen molar-refractivity contribution in [2.45, 2.75) is 25.8 Å². The SMILES string of the molecule is COCCC(C)NC(=O)CC(N)=NO. The molecule has 0 rings (SSSR count). The Labute approximate surface area is 83.1 Å². The summed E-state index contributed by atoms with van der Waals surface area (Å²) in [6, 6.07) is 0.0222. The monoisotopic (exact) mass is 203 g/mol. The van der Waals surface area contributed by atoms with Crippen molar-refractivity contribution in [3.8, 4) is 0 Å². The van der Waals surface area contributed by atoms with Crippen LogP contribution in [-0.2, 0) is 9.53 Å². The van der Waals surface area contributed by atoms with Gasteiger partial charge in [0.15, 0.2) is 0 Å². The molecule has 0 saturated carbocycles. The van der Waals surface area contributed by atoms with Crippen molar-refractivity contribution in [1.29, 1.82) is 0 Å². The van der Waals surface area contributed by atoms with Crippen LogP contribution in [0.2, 0.25) is 0 Å². The van der Waals surface area contributed by atoms with E-state index in [9.17, 15) is 4.79 Å². The predicted octanol–water partition coefficient (Wildman–Crippen LogP) is -0.336. The predicted molar refractivity (Wildman–Crippen MR) is 52.1 cm³/mol. The second-order valence-corrected chi connectivity index (χ2v) is 3.02. The number of nitrogens with one attached hydrogen (secondary N) is 1. The summed E-state index contributed by atoms with van der Waals surface area (Å²) in [5.41, 5.74) is 5.16. The number of rotatable bonds is 6. The maximum atomic E-state index is 11.2. The zero-order valence-electron chi connectivity index (χ0n) is 8.49. The van der Waals surface area contributed by atoms with E-state index in [1.54, 1.807) is 7.11 Å². The van der Waals surface area contributed by atoms with Crippen molar-refractivity contribution >= 4 is 11.7 Å². The Kier molecular flexibility index (Phi) is 6.47. The highest BCUT2D eigenvalue weighted by atomic mass is 16.5. The van der Waals surface area contributed by atoms with Crippen LogP contribution in [0.1, 0.15) is 19.8 Å². The Balaban J connectivity index is 3.71. The molecule has 14 heavy (non-hydrogen) atoms. The Morgan fingerprint density at radius 1 is 1.71 bits per heavy atom. The number of hydrogen-bond acceptors (Lipinski definition) is 4. The van der Waals surface area contributed by atoms with Gasteiger partial charge in [-0.15, -0.1) is 0 Å². The topological polar surface area (TPSA) is 96.9 Å². The fraction of sp³-hybridized carbons (Fsp3) is 0.750. The molecule has 0 aromatic rings. The number of nitrogens with two attached hydrogens (primary N) is 1. The molecule has 0 aliphatic heterocycles. The smallest absolute Gasteiger partial charge is 0.227 e. The molecule has 0 aliphatic rings. The van der Waals surface area contributed by atoms with Crippen LogP contribution in [0.5, 0.6) is 0 Å². The average molecular weight is 203 g/mol. The summed E-state index contributed by atoms with van der Waals surface area (Å²) in [5.74, 6) is -0.356. The molecular formula is C8H17N3O3. The second-order valence-electron chi connectivity index (χ2n) is 3.02. The molecule has 1 amide bonds. The lowest BCUT2D eigenvalue weighted by molar-refractivity contribution is -0.120. The first kappa shape index (κ1) is 12.7. The molecule has 0 saturated heterocycles. The van der Waals surface area contributed by atoms with Gasteiger partial charge in [0, 0.05) is 19.8 Å². The fourth-order valence-corrected chi connectivity index (χ4v) is 0.893. The lowest BCUT2D eigenvalue weighted by atomic mass is 10.2. The van der Waals surface area contributed by atoms with Crippen molar-refractivity contribution in [3.05, 3.63) is 0 Å². The van der Waals surface area contributed by atoms with Gasteiger partial charge in [-0.05, 0) is 13.3 Å². The summed E-state index contributed by atoms with van der Waals surface area (Å²) >= 11 is 0. The Hall–Kier alpha value is -1.30. The third kappa shape index (κ3) is 6.24. The molecule has 0 radical (unpaired) electrons. The normalized spacial score (nSPS) is 13.7. The maximum absolute atomic E-state index is 11.2. The molecule has 6 heteroatoms. The molecule has 1 atom stereocenters. The number of hydrogen-bond donors (Lipinski definition) is 3. The molecule has 4 N–H and O–H groups in total. The molecule has 0 bridgehead atoms. The zero-order chi connectivity index (χ0) is 11.0. The Bertz CT molecular complexity index is 206. The van der Waals surface area contributed by atoms with E-state index >= 15 is 0 Å². The van der Waals surface area contributed by atoms with Gasteiger partial charge in [-0.25, -0.2) is 0 Å². The summed E-state index contributed by atoms with van der Waals surface area (Å²) in [6.45, 7) is 2.45. The summed E-state index contributed by atoms with van der Waals surface area (Å²) in [7, 11) is 1.60. The van der Waals surface area contributed by atoms with Crippen molar-refractivity contribution in [3.63, 3.8) is 0 Å². The highest BCUT2D eigenvalue weighted by Crippen LogP contribution is 1.92. The van der Waals surface area contributed by atoms with E-state index < -0.39 is 0 Å². The van der Waals surface area contributed by atoms with E-state index in [4.69, 9.17) is 15.7 Å². The minimum atomic E-state index is -0.260. The molecule has 0 aromatic heterocycles.